The summed E-state index contributed by atoms with van der Waals surface area (Å²) in [5.41, 5.74) is 1.71. The number of methoxy groups -OCH3 is 1. The summed E-state index contributed by atoms with van der Waals surface area (Å²) >= 11 is 6.72. The van der Waals surface area contributed by atoms with Crippen LogP contribution in [0.1, 0.15) is 31.2 Å². The fraction of sp³-hybridized carbons (Fsp3) is 0.261. The molecule has 2 amide bonds. The van der Waals surface area contributed by atoms with Gasteiger partial charge in [0.25, 0.3) is 5.91 Å². The van der Waals surface area contributed by atoms with E-state index in [4.69, 9.17) is 17.0 Å². The average Bonchev–Trinajstić information content (AvgIpc) is 3.01. The van der Waals surface area contributed by atoms with Crippen LogP contribution in [0.25, 0.3) is 6.08 Å². The van der Waals surface area contributed by atoms with Gasteiger partial charge in [-0.25, -0.2) is 0 Å². The van der Waals surface area contributed by atoms with Gasteiger partial charge in [-0.3, -0.25) is 14.5 Å². The zero-order valence-corrected chi connectivity index (χ0v) is 18.4. The molecule has 1 fully saturated rings. The highest BCUT2D eigenvalue weighted by Crippen LogP contribution is 2.32. The Morgan fingerprint density at radius 2 is 1.93 bits per heavy atom. The van der Waals surface area contributed by atoms with E-state index in [1.807, 2.05) is 54.6 Å². The van der Waals surface area contributed by atoms with E-state index >= 15 is 0 Å². The number of hydrogen-bond acceptors (Lipinski definition) is 5. The molecule has 1 N–H and O–H groups in total. The number of thioether (sulfide) groups is 1. The summed E-state index contributed by atoms with van der Waals surface area (Å²) in [6, 6.07) is 17.0. The summed E-state index contributed by atoms with van der Waals surface area (Å²) in [6.07, 6.45) is 4.72. The van der Waals surface area contributed by atoms with Gasteiger partial charge in [-0.05, 0) is 36.6 Å². The SMILES string of the molecule is COc1cccc(NC(=O)CCCCCN2C(=O)/C(=C/c3ccccc3)SC2=S)c1. The Bertz CT molecular complexity index is 944. The zero-order chi connectivity index (χ0) is 21.3. The molecule has 0 radical (unpaired) electrons. The molecule has 1 heterocycles. The Hall–Kier alpha value is -2.64. The number of ether oxygens (including phenoxy) is 1. The van der Waals surface area contributed by atoms with Crippen molar-refractivity contribution in [1.82, 2.24) is 4.90 Å². The number of carbonyl (C=O) groups excluding carboxylic acids is 2. The van der Waals surface area contributed by atoms with Crippen molar-refractivity contribution in [2.45, 2.75) is 25.7 Å². The first-order valence-corrected chi connectivity index (χ1v) is 11.0. The molecule has 0 atom stereocenters. The van der Waals surface area contributed by atoms with Crippen molar-refractivity contribution in [1.29, 1.82) is 0 Å². The van der Waals surface area contributed by atoms with Gasteiger partial charge in [-0.1, -0.05) is 66.8 Å². The van der Waals surface area contributed by atoms with E-state index in [0.29, 0.717) is 27.9 Å². The lowest BCUT2D eigenvalue weighted by Gasteiger charge is -2.14. The number of benzene rings is 2. The molecular weight excluding hydrogens is 416 g/mol. The number of thiocarbonyl (C=S) groups is 1. The van der Waals surface area contributed by atoms with Gasteiger partial charge in [-0.2, -0.15) is 0 Å². The van der Waals surface area contributed by atoms with Crippen LogP contribution in [-0.4, -0.2) is 34.7 Å². The molecule has 156 valence electrons. The Kier molecular flexibility index (Phi) is 8.04. The third-order valence-electron chi connectivity index (χ3n) is 4.61. The lowest BCUT2D eigenvalue weighted by Crippen LogP contribution is -2.29. The second-order valence-electron chi connectivity index (χ2n) is 6.83. The van der Waals surface area contributed by atoms with Crippen molar-refractivity contribution in [3.63, 3.8) is 0 Å². The molecule has 3 rings (SSSR count). The van der Waals surface area contributed by atoms with Crippen LogP contribution in [-0.2, 0) is 9.59 Å². The Balaban J connectivity index is 1.40. The largest absolute Gasteiger partial charge is 0.497 e. The summed E-state index contributed by atoms with van der Waals surface area (Å²) in [6.45, 7) is 0.578. The summed E-state index contributed by atoms with van der Waals surface area (Å²) in [7, 11) is 1.59. The van der Waals surface area contributed by atoms with Gasteiger partial charge in [0.2, 0.25) is 5.91 Å². The minimum atomic E-state index is -0.0374. The summed E-state index contributed by atoms with van der Waals surface area (Å²) in [4.78, 5) is 27.0. The molecule has 0 aromatic heterocycles. The van der Waals surface area contributed by atoms with Crippen molar-refractivity contribution in [2.24, 2.45) is 0 Å². The van der Waals surface area contributed by atoms with Gasteiger partial charge in [0.15, 0.2) is 0 Å². The van der Waals surface area contributed by atoms with E-state index in [0.717, 1.165) is 30.5 Å². The van der Waals surface area contributed by atoms with Crippen LogP contribution in [0.4, 0.5) is 5.69 Å². The maximum Gasteiger partial charge on any atom is 0.266 e. The van der Waals surface area contributed by atoms with Crippen LogP contribution in [0.5, 0.6) is 5.75 Å². The molecule has 2 aromatic rings. The van der Waals surface area contributed by atoms with Crippen LogP contribution in [0.15, 0.2) is 59.5 Å². The van der Waals surface area contributed by atoms with E-state index < -0.39 is 0 Å². The highest BCUT2D eigenvalue weighted by molar-refractivity contribution is 8.26. The topological polar surface area (TPSA) is 58.6 Å². The van der Waals surface area contributed by atoms with Crippen molar-refractivity contribution in [3.05, 3.63) is 65.1 Å². The number of hydrogen-bond donors (Lipinski definition) is 1. The van der Waals surface area contributed by atoms with Crippen LogP contribution < -0.4 is 10.1 Å². The third-order valence-corrected chi connectivity index (χ3v) is 5.99. The highest BCUT2D eigenvalue weighted by Gasteiger charge is 2.31. The molecule has 7 heteroatoms. The number of carbonyl (C=O) groups is 2. The number of anilines is 1. The van der Waals surface area contributed by atoms with Crippen LogP contribution >= 0.6 is 24.0 Å². The fourth-order valence-corrected chi connectivity index (χ4v) is 4.36. The van der Waals surface area contributed by atoms with Gasteiger partial charge in [0.1, 0.15) is 10.1 Å². The lowest BCUT2D eigenvalue weighted by atomic mass is 10.1. The average molecular weight is 441 g/mol. The van der Waals surface area contributed by atoms with Gasteiger partial charge < -0.3 is 10.1 Å². The van der Waals surface area contributed by atoms with Crippen LogP contribution in [0.3, 0.4) is 0 Å². The predicted molar refractivity (Wildman–Crippen MR) is 126 cm³/mol. The van der Waals surface area contributed by atoms with Crippen molar-refractivity contribution < 1.29 is 14.3 Å². The minimum Gasteiger partial charge on any atom is -0.497 e. The van der Waals surface area contributed by atoms with Crippen LogP contribution in [0, 0.1) is 0 Å². The third kappa shape index (κ3) is 6.18. The molecule has 30 heavy (non-hydrogen) atoms. The number of nitrogens with zero attached hydrogens (tertiary/aromatic N) is 1. The second kappa shape index (κ2) is 10.9. The molecule has 0 bridgehead atoms. The molecule has 1 aliphatic rings. The first-order valence-electron chi connectivity index (χ1n) is 9.81. The standard InChI is InChI=1S/C23H24N2O3S2/c1-28-19-12-8-11-18(16-19)24-21(26)13-6-3-7-14-25-22(27)20(30-23(25)29)15-17-9-4-2-5-10-17/h2,4-5,8-12,15-16H,3,6-7,13-14H2,1H3,(H,24,26)/b20-15-. The molecule has 0 aliphatic carbocycles. The van der Waals surface area contributed by atoms with E-state index in [1.54, 1.807) is 18.1 Å². The Labute approximate surface area is 186 Å². The molecule has 2 aromatic carbocycles. The zero-order valence-electron chi connectivity index (χ0n) is 16.8. The first kappa shape index (κ1) is 22.1. The van der Waals surface area contributed by atoms with Gasteiger partial charge in [0.05, 0.1) is 12.0 Å². The Morgan fingerprint density at radius 3 is 2.70 bits per heavy atom. The Morgan fingerprint density at radius 1 is 1.13 bits per heavy atom. The quantitative estimate of drug-likeness (QED) is 0.334. The van der Waals surface area contributed by atoms with Gasteiger partial charge >= 0.3 is 0 Å². The van der Waals surface area contributed by atoms with Gasteiger partial charge in [-0.15, -0.1) is 0 Å². The van der Waals surface area contributed by atoms with E-state index in [9.17, 15) is 9.59 Å². The molecule has 1 saturated heterocycles. The second-order valence-corrected chi connectivity index (χ2v) is 8.51. The van der Waals surface area contributed by atoms with Crippen molar-refractivity contribution in [3.8, 4) is 5.75 Å². The fourth-order valence-electron chi connectivity index (χ4n) is 3.05. The normalized spacial score (nSPS) is 15.0. The number of unbranched alkanes of at least 4 members (excludes halogenated alkanes) is 2. The van der Waals surface area contributed by atoms with Crippen molar-refractivity contribution >= 4 is 51.9 Å². The van der Waals surface area contributed by atoms with Gasteiger partial charge in [0, 0.05) is 24.7 Å². The lowest BCUT2D eigenvalue weighted by molar-refractivity contribution is -0.122. The molecular formula is C23H24N2O3S2. The maximum absolute atomic E-state index is 12.6. The molecule has 5 nitrogen and oxygen atoms in total. The maximum atomic E-state index is 12.6. The van der Waals surface area contributed by atoms with Crippen LogP contribution in [0.2, 0.25) is 0 Å². The monoisotopic (exact) mass is 440 g/mol. The molecule has 1 aliphatic heterocycles. The predicted octanol–water partition coefficient (Wildman–Crippen LogP) is 5.10. The number of rotatable bonds is 9. The molecule has 0 spiro atoms. The smallest absolute Gasteiger partial charge is 0.266 e. The summed E-state index contributed by atoms with van der Waals surface area (Å²) in [5.74, 6) is 0.641. The van der Waals surface area contributed by atoms with Crippen molar-refractivity contribution in [2.75, 3.05) is 19.0 Å². The number of amides is 2. The molecule has 0 saturated carbocycles. The minimum absolute atomic E-state index is 0.0281. The van der Waals surface area contributed by atoms with E-state index in [1.165, 1.54) is 11.8 Å². The van der Waals surface area contributed by atoms with E-state index in [-0.39, 0.29) is 11.8 Å². The summed E-state index contributed by atoms with van der Waals surface area (Å²) in [5, 5.41) is 2.88. The highest BCUT2D eigenvalue weighted by atomic mass is 32.2. The first-order chi connectivity index (χ1) is 14.6. The summed E-state index contributed by atoms with van der Waals surface area (Å²) < 4.78 is 5.75. The molecule has 0 unspecified atom stereocenters. The van der Waals surface area contributed by atoms with E-state index in [2.05, 4.69) is 5.32 Å². The number of nitrogens with one attached hydrogen (secondary N) is 1.